The van der Waals surface area contributed by atoms with Crippen molar-refractivity contribution in [1.82, 2.24) is 9.80 Å². The van der Waals surface area contributed by atoms with Crippen LogP contribution in [0.3, 0.4) is 0 Å². The largest absolute Gasteiger partial charge is 0.401 e. The van der Waals surface area contributed by atoms with E-state index in [-0.39, 0.29) is 5.54 Å². The zero-order chi connectivity index (χ0) is 10.4. The van der Waals surface area contributed by atoms with Crippen molar-refractivity contribution in [1.29, 1.82) is 0 Å². The normalized spacial score (nSPS) is 27.4. The average Bonchev–Trinajstić information content (AvgIpc) is 1.95. The Morgan fingerprint density at radius 3 is 2.29 bits per heavy atom. The van der Waals surface area contributed by atoms with Gasteiger partial charge in [0.05, 0.1) is 6.54 Å². The van der Waals surface area contributed by atoms with E-state index in [0.29, 0.717) is 6.54 Å². The van der Waals surface area contributed by atoms with Crippen LogP contribution in [0.4, 0.5) is 13.2 Å². The van der Waals surface area contributed by atoms with E-state index in [1.54, 1.807) is 4.90 Å². The molecule has 0 aromatic rings. The molecule has 2 fully saturated rings. The Balaban J connectivity index is 1.86. The summed E-state index contributed by atoms with van der Waals surface area (Å²) < 4.78 is 36.5. The maximum Gasteiger partial charge on any atom is 0.401 e. The monoisotopic (exact) mass is 208 g/mol. The molecule has 0 atom stereocenters. The van der Waals surface area contributed by atoms with Gasteiger partial charge in [-0.15, -0.1) is 0 Å². The molecule has 2 heterocycles. The highest BCUT2D eigenvalue weighted by molar-refractivity contribution is 5.10. The van der Waals surface area contributed by atoms with E-state index in [0.717, 1.165) is 26.1 Å². The molecule has 2 rings (SSSR count). The van der Waals surface area contributed by atoms with Gasteiger partial charge in [-0.1, -0.05) is 6.92 Å². The molecule has 0 aromatic heterocycles. The lowest BCUT2D eigenvalue weighted by atomic mass is 9.77. The third-order valence-corrected chi connectivity index (χ3v) is 3.37. The summed E-state index contributed by atoms with van der Waals surface area (Å²) in [5.74, 6) is 0. The minimum Gasteiger partial charge on any atom is -0.300 e. The Hall–Kier alpha value is -0.290. The zero-order valence-corrected chi connectivity index (χ0v) is 8.27. The number of nitrogens with zero attached hydrogens (tertiary/aromatic N) is 2. The first-order valence-electron chi connectivity index (χ1n) is 4.99. The fourth-order valence-corrected chi connectivity index (χ4v) is 2.42. The number of halogens is 3. The van der Waals surface area contributed by atoms with E-state index in [4.69, 9.17) is 0 Å². The van der Waals surface area contributed by atoms with Crippen LogP contribution < -0.4 is 0 Å². The first-order valence-corrected chi connectivity index (χ1v) is 4.99. The molecule has 2 saturated heterocycles. The number of likely N-dealkylation sites (N-methyl/N-ethyl adjacent to an activating group) is 1. The molecular formula is C9H15F3N2. The Morgan fingerprint density at radius 1 is 1.29 bits per heavy atom. The third-order valence-electron chi connectivity index (χ3n) is 3.37. The van der Waals surface area contributed by atoms with Crippen LogP contribution in [0.1, 0.15) is 13.3 Å². The lowest BCUT2D eigenvalue weighted by Gasteiger charge is -2.62. The molecule has 82 valence electrons. The number of alkyl halides is 3. The molecule has 5 heteroatoms. The molecule has 0 bridgehead atoms. The second-order valence-electron chi connectivity index (χ2n) is 4.31. The SMILES string of the molecule is CCN1CC2(CCN2CC(F)(F)F)C1. The Kier molecular flexibility index (Phi) is 2.27. The maximum absolute atomic E-state index is 12.2. The summed E-state index contributed by atoms with van der Waals surface area (Å²) >= 11 is 0. The van der Waals surface area contributed by atoms with Crippen LogP contribution in [0.5, 0.6) is 0 Å². The predicted molar refractivity (Wildman–Crippen MR) is 47.1 cm³/mol. The van der Waals surface area contributed by atoms with Crippen molar-refractivity contribution in [3.63, 3.8) is 0 Å². The summed E-state index contributed by atoms with van der Waals surface area (Å²) in [5, 5.41) is 0. The quantitative estimate of drug-likeness (QED) is 0.675. The lowest BCUT2D eigenvalue weighted by Crippen LogP contribution is -2.77. The van der Waals surface area contributed by atoms with Gasteiger partial charge in [-0.05, 0) is 13.0 Å². The summed E-state index contributed by atoms with van der Waals surface area (Å²) in [6, 6.07) is 0. The molecule has 2 nitrogen and oxygen atoms in total. The smallest absolute Gasteiger partial charge is 0.300 e. The topological polar surface area (TPSA) is 6.48 Å². The van der Waals surface area contributed by atoms with Gasteiger partial charge in [0.15, 0.2) is 0 Å². The standard InChI is InChI=1S/C9H15F3N2/c1-2-13-5-8(6-13)3-4-14(8)7-9(10,11)12/h2-7H2,1H3. The van der Waals surface area contributed by atoms with Crippen molar-refractivity contribution in [2.45, 2.75) is 25.1 Å². The number of rotatable bonds is 2. The molecule has 0 unspecified atom stereocenters. The summed E-state index contributed by atoms with van der Waals surface area (Å²) in [4.78, 5) is 3.77. The van der Waals surface area contributed by atoms with E-state index >= 15 is 0 Å². The number of hydrogen-bond donors (Lipinski definition) is 0. The summed E-state index contributed by atoms with van der Waals surface area (Å²) in [6.07, 6.45) is -3.11. The number of likely N-dealkylation sites (tertiary alicyclic amines) is 2. The molecule has 0 aliphatic carbocycles. The Morgan fingerprint density at radius 2 is 1.93 bits per heavy atom. The van der Waals surface area contributed by atoms with E-state index in [1.807, 2.05) is 6.92 Å². The van der Waals surface area contributed by atoms with E-state index in [1.165, 1.54) is 0 Å². The average molecular weight is 208 g/mol. The van der Waals surface area contributed by atoms with Gasteiger partial charge in [0.2, 0.25) is 0 Å². The molecule has 0 aromatic carbocycles. The predicted octanol–water partition coefficient (Wildman–Crippen LogP) is 1.33. The number of hydrogen-bond acceptors (Lipinski definition) is 2. The van der Waals surface area contributed by atoms with Crippen molar-refractivity contribution in [2.24, 2.45) is 0 Å². The lowest BCUT2D eigenvalue weighted by molar-refractivity contribution is -0.203. The van der Waals surface area contributed by atoms with Crippen molar-refractivity contribution < 1.29 is 13.2 Å². The second-order valence-corrected chi connectivity index (χ2v) is 4.31. The molecule has 1 spiro atoms. The van der Waals surface area contributed by atoms with Gasteiger partial charge in [-0.25, -0.2) is 0 Å². The van der Waals surface area contributed by atoms with E-state index in [2.05, 4.69) is 4.90 Å². The second kappa shape index (κ2) is 3.10. The van der Waals surface area contributed by atoms with Crippen LogP contribution in [0, 0.1) is 0 Å². The van der Waals surface area contributed by atoms with Gasteiger partial charge in [-0.3, -0.25) is 9.80 Å². The van der Waals surface area contributed by atoms with Gasteiger partial charge in [-0.2, -0.15) is 13.2 Å². The summed E-state index contributed by atoms with van der Waals surface area (Å²) in [5.41, 5.74) is -0.120. The summed E-state index contributed by atoms with van der Waals surface area (Å²) in [6.45, 7) is 4.50. The molecule has 2 aliphatic rings. The van der Waals surface area contributed by atoms with Gasteiger partial charge in [0.1, 0.15) is 0 Å². The summed E-state index contributed by atoms with van der Waals surface area (Å²) in [7, 11) is 0. The highest BCUT2D eigenvalue weighted by atomic mass is 19.4. The fourth-order valence-electron chi connectivity index (χ4n) is 2.42. The van der Waals surface area contributed by atoms with Crippen molar-refractivity contribution in [3.05, 3.63) is 0 Å². The minimum atomic E-state index is -4.04. The van der Waals surface area contributed by atoms with Crippen LogP contribution in [-0.2, 0) is 0 Å². The van der Waals surface area contributed by atoms with Crippen LogP contribution in [0.25, 0.3) is 0 Å². The Bertz CT molecular complexity index is 221. The Labute approximate surface area is 81.7 Å². The molecule has 0 N–H and O–H groups in total. The first kappa shape index (κ1) is 10.2. The van der Waals surface area contributed by atoms with Gasteiger partial charge in [0.25, 0.3) is 0 Å². The highest BCUT2D eigenvalue weighted by Crippen LogP contribution is 2.40. The van der Waals surface area contributed by atoms with Crippen molar-refractivity contribution in [2.75, 3.05) is 32.7 Å². The van der Waals surface area contributed by atoms with Gasteiger partial charge < -0.3 is 0 Å². The van der Waals surface area contributed by atoms with Gasteiger partial charge in [0, 0.05) is 25.2 Å². The van der Waals surface area contributed by atoms with Crippen LogP contribution in [0.15, 0.2) is 0 Å². The first-order chi connectivity index (χ1) is 6.45. The fraction of sp³-hybridized carbons (Fsp3) is 1.00. The van der Waals surface area contributed by atoms with Crippen LogP contribution in [0.2, 0.25) is 0 Å². The molecule has 14 heavy (non-hydrogen) atoms. The molecule has 0 amide bonds. The molecule has 0 saturated carbocycles. The maximum atomic E-state index is 12.2. The van der Waals surface area contributed by atoms with E-state index < -0.39 is 12.7 Å². The zero-order valence-electron chi connectivity index (χ0n) is 8.27. The van der Waals surface area contributed by atoms with E-state index in [9.17, 15) is 13.2 Å². The molecule has 0 radical (unpaired) electrons. The van der Waals surface area contributed by atoms with Crippen LogP contribution >= 0.6 is 0 Å². The van der Waals surface area contributed by atoms with Gasteiger partial charge >= 0.3 is 6.18 Å². The minimum absolute atomic E-state index is 0.120. The molecular weight excluding hydrogens is 193 g/mol. The molecule has 2 aliphatic heterocycles. The van der Waals surface area contributed by atoms with Crippen molar-refractivity contribution >= 4 is 0 Å². The van der Waals surface area contributed by atoms with Crippen molar-refractivity contribution in [3.8, 4) is 0 Å². The third kappa shape index (κ3) is 1.63. The highest BCUT2D eigenvalue weighted by Gasteiger charge is 2.54. The van der Waals surface area contributed by atoms with Crippen LogP contribution in [-0.4, -0.2) is 54.2 Å².